The van der Waals surface area contributed by atoms with Crippen LogP contribution in [-0.2, 0) is 29.1 Å². The zero-order valence-corrected chi connectivity index (χ0v) is 50.1. The molecular weight excluding hydrogens is 1020 g/mol. The maximum atomic E-state index is 2.51. The van der Waals surface area contributed by atoms with Crippen molar-refractivity contribution in [2.75, 3.05) is 9.80 Å². The van der Waals surface area contributed by atoms with Gasteiger partial charge in [-0.3, -0.25) is 0 Å². The summed E-state index contributed by atoms with van der Waals surface area (Å²) in [6, 6.07) is 86.9. The van der Waals surface area contributed by atoms with Crippen LogP contribution in [0.4, 0.5) is 34.1 Å². The van der Waals surface area contributed by atoms with Crippen LogP contribution in [0.1, 0.15) is 117 Å². The van der Waals surface area contributed by atoms with E-state index < -0.39 is 0 Å². The Morgan fingerprint density at radius 3 is 0.859 bits per heavy atom. The molecule has 0 unspecified atom stereocenters. The Hall–Kier alpha value is -9.50. The monoisotopic (exact) mass is 1090 g/mol. The minimum Gasteiger partial charge on any atom is -0.310 e. The first kappa shape index (κ1) is 52.3. The Morgan fingerprint density at radius 1 is 0.282 bits per heavy atom. The molecule has 2 nitrogen and oxygen atoms in total. The van der Waals surface area contributed by atoms with Crippen molar-refractivity contribution in [1.29, 1.82) is 0 Å². The molecule has 0 fully saturated rings. The minimum atomic E-state index is -0.186. The number of nitrogens with zero attached hydrogens (tertiary/aromatic N) is 2. The van der Waals surface area contributed by atoms with Crippen molar-refractivity contribution in [3.05, 3.63) is 320 Å². The second kappa shape index (κ2) is 19.8. The lowest BCUT2D eigenvalue weighted by Gasteiger charge is -2.30. The summed E-state index contributed by atoms with van der Waals surface area (Å²) in [6.45, 7) is 18.4. The molecule has 11 aromatic carbocycles. The lowest BCUT2D eigenvalue weighted by atomic mass is 9.75. The SMILES string of the molecule is Cc1ccccc1N(c1ccc2c(c1)C(C)(C)c1cc(C=Cc3ccc4c(c3)C3(Cc5ccccc5C3)c3cc(C=Cc5ccc6c(c5)C(C)(C)c5cc(N(c7ccccc7C)c7ccccc7C)ccc5-6)ccc3-4)ccc1-2)c1ccccc1C. The van der Waals surface area contributed by atoms with Gasteiger partial charge in [0.15, 0.2) is 0 Å². The molecule has 85 heavy (non-hydrogen) atoms. The molecular formula is C83H70N2. The molecule has 2 heteroatoms. The van der Waals surface area contributed by atoms with Gasteiger partial charge in [0.25, 0.3) is 0 Å². The summed E-state index contributed by atoms with van der Waals surface area (Å²) in [7, 11) is 0. The zero-order chi connectivity index (χ0) is 57.9. The van der Waals surface area contributed by atoms with E-state index in [1.165, 1.54) is 157 Å². The Morgan fingerprint density at radius 2 is 0.541 bits per heavy atom. The molecule has 0 atom stereocenters. The van der Waals surface area contributed by atoms with Crippen molar-refractivity contribution in [2.45, 2.75) is 84.5 Å². The molecule has 412 valence electrons. The molecule has 0 aliphatic heterocycles. The minimum absolute atomic E-state index is 0.144. The van der Waals surface area contributed by atoms with Crippen LogP contribution in [0.25, 0.3) is 57.7 Å². The smallest absolute Gasteiger partial charge is 0.0490 e. The highest BCUT2D eigenvalue weighted by atomic mass is 15.2. The number of anilines is 6. The number of rotatable bonds is 10. The van der Waals surface area contributed by atoms with E-state index in [-0.39, 0.29) is 16.2 Å². The Bertz CT molecular complexity index is 4230. The van der Waals surface area contributed by atoms with Crippen molar-refractivity contribution in [2.24, 2.45) is 0 Å². The van der Waals surface area contributed by atoms with Gasteiger partial charge in [-0.05, 0) is 211 Å². The molecule has 0 saturated carbocycles. The van der Waals surface area contributed by atoms with Crippen LogP contribution in [0.15, 0.2) is 231 Å². The van der Waals surface area contributed by atoms with Gasteiger partial charge in [0.05, 0.1) is 0 Å². The molecule has 11 aromatic rings. The average molecular weight is 1100 g/mol. The third kappa shape index (κ3) is 8.43. The summed E-state index contributed by atoms with van der Waals surface area (Å²) in [4.78, 5) is 4.88. The predicted octanol–water partition coefficient (Wildman–Crippen LogP) is 21.9. The first-order valence-corrected chi connectivity index (χ1v) is 30.4. The highest BCUT2D eigenvalue weighted by Crippen LogP contribution is 2.57. The van der Waals surface area contributed by atoms with Crippen molar-refractivity contribution >= 4 is 58.4 Å². The maximum absolute atomic E-state index is 2.51. The highest BCUT2D eigenvalue weighted by Gasteiger charge is 2.47. The number of hydrogen-bond donors (Lipinski definition) is 0. The topological polar surface area (TPSA) is 6.48 Å². The van der Waals surface area contributed by atoms with Gasteiger partial charge in [-0.1, -0.05) is 234 Å². The summed E-state index contributed by atoms with van der Waals surface area (Å²) in [5.74, 6) is 0. The number of benzene rings is 11. The quantitative estimate of drug-likeness (QED) is 0.126. The van der Waals surface area contributed by atoms with E-state index in [1.54, 1.807) is 0 Å². The molecule has 0 N–H and O–H groups in total. The van der Waals surface area contributed by atoms with Crippen LogP contribution in [0, 0.1) is 27.7 Å². The molecule has 0 radical (unpaired) electrons. The van der Waals surface area contributed by atoms with E-state index in [0.717, 1.165) is 12.8 Å². The highest BCUT2D eigenvalue weighted by molar-refractivity contribution is 5.91. The molecule has 4 aliphatic carbocycles. The van der Waals surface area contributed by atoms with Crippen LogP contribution in [0.3, 0.4) is 0 Å². The third-order valence-corrected chi connectivity index (χ3v) is 19.8. The van der Waals surface area contributed by atoms with E-state index in [2.05, 4.69) is 320 Å². The van der Waals surface area contributed by atoms with Gasteiger partial charge in [-0.25, -0.2) is 0 Å². The molecule has 1 spiro atoms. The van der Waals surface area contributed by atoms with Crippen LogP contribution in [0.2, 0.25) is 0 Å². The first-order chi connectivity index (χ1) is 41.2. The number of fused-ring (bicyclic) bond motifs is 12. The number of para-hydroxylation sites is 4. The van der Waals surface area contributed by atoms with Gasteiger partial charge in [0.1, 0.15) is 0 Å². The summed E-state index contributed by atoms with van der Waals surface area (Å²) in [5, 5.41) is 0. The molecule has 0 saturated heterocycles. The van der Waals surface area contributed by atoms with Crippen molar-refractivity contribution < 1.29 is 0 Å². The normalized spacial score (nSPS) is 14.9. The summed E-state index contributed by atoms with van der Waals surface area (Å²) >= 11 is 0. The third-order valence-electron chi connectivity index (χ3n) is 19.8. The average Bonchev–Trinajstić information content (AvgIpc) is 1.60. The summed E-state index contributed by atoms with van der Waals surface area (Å²) < 4.78 is 0. The zero-order valence-electron chi connectivity index (χ0n) is 50.1. The molecule has 4 aliphatic rings. The summed E-state index contributed by atoms with van der Waals surface area (Å²) in [5.41, 5.74) is 35.8. The van der Waals surface area contributed by atoms with E-state index in [9.17, 15) is 0 Å². The molecule has 0 bridgehead atoms. The lowest BCUT2D eigenvalue weighted by Crippen LogP contribution is -2.26. The molecule has 0 heterocycles. The standard InChI is InChI=1S/C83H70N2/c1-53-19-9-15-25-77(53)84(78-26-16-10-20-54(78)2)63-37-43-67-65-39-33-57(45-71(65)81(5,6)73(67)49-63)29-31-59-35-41-69-70-42-36-60(48-76(70)83(75(69)47-59)51-61-23-13-14-24-62(61)52-83)32-30-58-34-40-66-68-44-38-64(50-74(68)82(7,8)72(66)46-58)85(79-27-17-11-21-55(79)3)80-28-18-12-22-56(80)4/h9-50H,51-52H2,1-8H3. The van der Waals surface area contributed by atoms with Gasteiger partial charge in [0, 0.05) is 50.4 Å². The fourth-order valence-corrected chi connectivity index (χ4v) is 15.2. The van der Waals surface area contributed by atoms with Gasteiger partial charge >= 0.3 is 0 Å². The second-order valence-corrected chi connectivity index (χ2v) is 25.6. The van der Waals surface area contributed by atoms with Crippen LogP contribution >= 0.6 is 0 Å². The number of aryl methyl sites for hydroxylation is 4. The van der Waals surface area contributed by atoms with E-state index in [0.29, 0.717) is 0 Å². The van der Waals surface area contributed by atoms with Gasteiger partial charge in [-0.2, -0.15) is 0 Å². The van der Waals surface area contributed by atoms with Crippen molar-refractivity contribution in [3.63, 3.8) is 0 Å². The summed E-state index contributed by atoms with van der Waals surface area (Å²) in [6.07, 6.45) is 11.3. The van der Waals surface area contributed by atoms with Gasteiger partial charge in [0.2, 0.25) is 0 Å². The Balaban J connectivity index is 0.715. The first-order valence-electron chi connectivity index (χ1n) is 30.4. The van der Waals surface area contributed by atoms with Crippen molar-refractivity contribution in [3.8, 4) is 33.4 Å². The lowest BCUT2D eigenvalue weighted by molar-refractivity contribution is 0.563. The molecule has 15 rings (SSSR count). The predicted molar refractivity (Wildman–Crippen MR) is 361 cm³/mol. The Kier molecular flexibility index (Phi) is 12.2. The molecule has 0 amide bonds. The van der Waals surface area contributed by atoms with Gasteiger partial charge in [-0.15, -0.1) is 0 Å². The fourth-order valence-electron chi connectivity index (χ4n) is 15.2. The van der Waals surface area contributed by atoms with E-state index in [4.69, 9.17) is 0 Å². The van der Waals surface area contributed by atoms with E-state index >= 15 is 0 Å². The van der Waals surface area contributed by atoms with E-state index in [1.807, 2.05) is 0 Å². The van der Waals surface area contributed by atoms with Crippen LogP contribution in [-0.4, -0.2) is 0 Å². The Labute approximate surface area is 502 Å². The largest absolute Gasteiger partial charge is 0.310 e. The van der Waals surface area contributed by atoms with Crippen LogP contribution < -0.4 is 9.80 Å². The fraction of sp³-hybridized carbons (Fsp3) is 0.157. The number of hydrogen-bond acceptors (Lipinski definition) is 2. The van der Waals surface area contributed by atoms with Gasteiger partial charge < -0.3 is 9.80 Å². The second-order valence-electron chi connectivity index (χ2n) is 25.6. The van der Waals surface area contributed by atoms with Crippen molar-refractivity contribution in [1.82, 2.24) is 0 Å². The molecule has 0 aromatic heterocycles. The maximum Gasteiger partial charge on any atom is 0.0490 e. The van der Waals surface area contributed by atoms with Crippen LogP contribution in [0.5, 0.6) is 0 Å².